The first-order valence-electron chi connectivity index (χ1n) is 8.15. The first kappa shape index (κ1) is 20.1. The third kappa shape index (κ3) is 4.13. The molecule has 0 radical (unpaired) electrons. The van der Waals surface area contributed by atoms with Gasteiger partial charge in [0.15, 0.2) is 0 Å². The lowest BCUT2D eigenvalue weighted by molar-refractivity contribution is 0.0747. The first-order valence-corrected chi connectivity index (χ1v) is 9.74. The van der Waals surface area contributed by atoms with Gasteiger partial charge in [0.2, 0.25) is 5.95 Å². The van der Waals surface area contributed by atoms with Crippen molar-refractivity contribution in [3.63, 3.8) is 0 Å². The molecule has 0 aliphatic heterocycles. The van der Waals surface area contributed by atoms with Crippen LogP contribution < -0.4 is 0 Å². The summed E-state index contributed by atoms with van der Waals surface area (Å²) >= 11 is 6.83. The maximum Gasteiger partial charge on any atom is 0.283 e. The monoisotopic (exact) mass is 505 g/mol. The van der Waals surface area contributed by atoms with E-state index in [1.165, 1.54) is 11.9 Å². The zero-order chi connectivity index (χ0) is 19.9. The largest absolute Gasteiger partial charge is 0.331 e. The summed E-state index contributed by atoms with van der Waals surface area (Å²) in [7, 11) is 1.19. The predicted octanol–water partition coefficient (Wildman–Crippen LogP) is 5.34. The van der Waals surface area contributed by atoms with E-state index < -0.39 is 29.5 Å². The molecule has 144 valence electrons. The molecular weight excluding hydrogens is 491 g/mol. The molecule has 1 aliphatic carbocycles. The molecule has 0 N–H and O–H groups in total. The molecule has 1 aromatic carbocycles. The Bertz CT molecular complexity index is 909. The molecule has 2 aromatic rings. The SMILES string of the molecule is C=C(CN(C(=O)c1c(C(F)F)nn(C)c1F)C1CC1)c1cc(Br)ccc1Br. The second-order valence-electron chi connectivity index (χ2n) is 6.37. The lowest BCUT2D eigenvalue weighted by Crippen LogP contribution is -2.35. The average molecular weight is 507 g/mol. The molecule has 1 aliphatic rings. The van der Waals surface area contributed by atoms with E-state index in [0.717, 1.165) is 27.4 Å². The molecule has 1 amide bonds. The van der Waals surface area contributed by atoms with Gasteiger partial charge in [0.05, 0.1) is 0 Å². The average Bonchev–Trinajstić information content (AvgIpc) is 3.40. The van der Waals surface area contributed by atoms with Gasteiger partial charge in [-0.1, -0.05) is 38.4 Å². The van der Waals surface area contributed by atoms with Crippen molar-refractivity contribution >= 4 is 43.3 Å². The summed E-state index contributed by atoms with van der Waals surface area (Å²) in [5.74, 6) is -1.85. The second-order valence-corrected chi connectivity index (χ2v) is 8.14. The van der Waals surface area contributed by atoms with Crippen LogP contribution in [-0.2, 0) is 7.05 Å². The van der Waals surface area contributed by atoms with Crippen LogP contribution in [0.5, 0.6) is 0 Å². The topological polar surface area (TPSA) is 38.1 Å². The summed E-state index contributed by atoms with van der Waals surface area (Å²) in [6.45, 7) is 4.14. The molecule has 1 aromatic heterocycles. The van der Waals surface area contributed by atoms with Crippen molar-refractivity contribution in [2.45, 2.75) is 25.3 Å². The summed E-state index contributed by atoms with van der Waals surface area (Å²) in [5, 5.41) is 3.46. The number of hydrogen-bond donors (Lipinski definition) is 0. The summed E-state index contributed by atoms with van der Waals surface area (Å²) in [5.41, 5.74) is -0.102. The molecule has 9 heteroatoms. The van der Waals surface area contributed by atoms with Crippen molar-refractivity contribution in [1.82, 2.24) is 14.7 Å². The minimum absolute atomic E-state index is 0.107. The minimum atomic E-state index is -3.04. The van der Waals surface area contributed by atoms with E-state index in [-0.39, 0.29) is 12.6 Å². The fraction of sp³-hybridized carbons (Fsp3) is 0.333. The van der Waals surface area contributed by atoms with E-state index in [9.17, 15) is 18.0 Å². The highest BCUT2D eigenvalue weighted by Crippen LogP contribution is 2.34. The summed E-state index contributed by atoms with van der Waals surface area (Å²) < 4.78 is 43.1. The molecule has 27 heavy (non-hydrogen) atoms. The van der Waals surface area contributed by atoms with Crippen molar-refractivity contribution in [1.29, 1.82) is 0 Å². The van der Waals surface area contributed by atoms with Gasteiger partial charge < -0.3 is 4.90 Å². The molecule has 0 bridgehead atoms. The summed E-state index contributed by atoms with van der Waals surface area (Å²) in [6, 6.07) is 5.41. The Morgan fingerprint density at radius 2 is 2.07 bits per heavy atom. The Morgan fingerprint density at radius 3 is 2.67 bits per heavy atom. The third-order valence-corrected chi connectivity index (χ3v) is 5.53. The number of halogens is 5. The summed E-state index contributed by atoms with van der Waals surface area (Å²) in [4.78, 5) is 14.3. The Balaban J connectivity index is 1.92. The fourth-order valence-corrected chi connectivity index (χ4v) is 3.72. The van der Waals surface area contributed by atoms with Crippen LogP contribution in [-0.4, -0.2) is 33.2 Å². The Labute approximate surface area is 171 Å². The van der Waals surface area contributed by atoms with Gasteiger partial charge in [0.1, 0.15) is 11.3 Å². The number of hydrogen-bond acceptors (Lipinski definition) is 2. The molecule has 1 heterocycles. The van der Waals surface area contributed by atoms with Crippen LogP contribution in [0.4, 0.5) is 13.2 Å². The van der Waals surface area contributed by atoms with Crippen LogP contribution >= 0.6 is 31.9 Å². The normalized spacial score (nSPS) is 13.9. The van der Waals surface area contributed by atoms with Gasteiger partial charge in [0, 0.05) is 28.6 Å². The second kappa shape index (κ2) is 7.79. The highest BCUT2D eigenvalue weighted by atomic mass is 79.9. The minimum Gasteiger partial charge on any atom is -0.331 e. The number of nitrogens with zero attached hydrogens (tertiary/aromatic N) is 3. The highest BCUT2D eigenvalue weighted by Gasteiger charge is 2.38. The molecule has 0 spiro atoms. The zero-order valence-corrected chi connectivity index (χ0v) is 17.5. The lowest BCUT2D eigenvalue weighted by Gasteiger charge is -2.24. The van der Waals surface area contributed by atoms with Crippen molar-refractivity contribution < 1.29 is 18.0 Å². The molecule has 1 saturated carbocycles. The Hall–Kier alpha value is -1.61. The predicted molar refractivity (Wildman–Crippen MR) is 103 cm³/mol. The standard InChI is InChI=1S/C18H16Br2F3N3O/c1-9(12-7-10(19)3-6-13(12)20)8-26(11-4-5-11)18(27)14-15(16(21)22)24-25(2)17(14)23/h3,6-7,11,16H,1,4-5,8H2,2H3. The Morgan fingerprint density at radius 1 is 1.41 bits per heavy atom. The third-order valence-electron chi connectivity index (χ3n) is 4.34. The van der Waals surface area contributed by atoms with E-state index in [2.05, 4.69) is 43.5 Å². The van der Waals surface area contributed by atoms with E-state index in [1.807, 2.05) is 18.2 Å². The van der Waals surface area contributed by atoms with Gasteiger partial charge in [-0.3, -0.25) is 4.79 Å². The number of benzene rings is 1. The van der Waals surface area contributed by atoms with Crippen LogP contribution in [0, 0.1) is 5.95 Å². The maximum atomic E-state index is 14.3. The maximum absolute atomic E-state index is 14.3. The first-order chi connectivity index (χ1) is 12.7. The van der Waals surface area contributed by atoms with Gasteiger partial charge in [-0.2, -0.15) is 9.49 Å². The molecule has 1 fully saturated rings. The molecule has 0 saturated heterocycles. The van der Waals surface area contributed by atoms with E-state index in [0.29, 0.717) is 10.3 Å². The van der Waals surface area contributed by atoms with Crippen LogP contribution in [0.25, 0.3) is 5.57 Å². The molecule has 0 atom stereocenters. The molecule has 4 nitrogen and oxygen atoms in total. The van der Waals surface area contributed by atoms with Crippen LogP contribution in [0.1, 0.15) is 40.9 Å². The number of carbonyl (C=O) groups is 1. The van der Waals surface area contributed by atoms with Crippen molar-refractivity contribution in [2.24, 2.45) is 7.05 Å². The zero-order valence-electron chi connectivity index (χ0n) is 14.4. The molecular formula is C18H16Br2F3N3O. The van der Waals surface area contributed by atoms with Crippen LogP contribution in [0.15, 0.2) is 33.7 Å². The van der Waals surface area contributed by atoms with Crippen LogP contribution in [0.3, 0.4) is 0 Å². The smallest absolute Gasteiger partial charge is 0.283 e. The van der Waals surface area contributed by atoms with Gasteiger partial charge in [-0.05, 0) is 42.2 Å². The van der Waals surface area contributed by atoms with Gasteiger partial charge in [-0.15, -0.1) is 0 Å². The van der Waals surface area contributed by atoms with Crippen molar-refractivity contribution in [3.05, 3.63) is 56.5 Å². The van der Waals surface area contributed by atoms with Gasteiger partial charge in [-0.25, -0.2) is 13.5 Å². The van der Waals surface area contributed by atoms with E-state index in [1.54, 1.807) is 0 Å². The van der Waals surface area contributed by atoms with E-state index >= 15 is 0 Å². The number of rotatable bonds is 6. The molecule has 3 rings (SSSR count). The van der Waals surface area contributed by atoms with Gasteiger partial charge in [0.25, 0.3) is 12.3 Å². The quantitative estimate of drug-likeness (QED) is 0.530. The van der Waals surface area contributed by atoms with Crippen LogP contribution in [0.2, 0.25) is 0 Å². The number of aromatic nitrogens is 2. The number of alkyl halides is 2. The van der Waals surface area contributed by atoms with Crippen molar-refractivity contribution in [3.8, 4) is 0 Å². The fourth-order valence-electron chi connectivity index (χ4n) is 2.83. The van der Waals surface area contributed by atoms with E-state index in [4.69, 9.17) is 0 Å². The number of amides is 1. The highest BCUT2D eigenvalue weighted by molar-refractivity contribution is 9.11. The van der Waals surface area contributed by atoms with Crippen molar-refractivity contribution in [2.75, 3.05) is 6.54 Å². The summed E-state index contributed by atoms with van der Waals surface area (Å²) in [6.07, 6.45) is -1.56. The molecule has 0 unspecified atom stereocenters. The Kier molecular flexibility index (Phi) is 5.81. The van der Waals surface area contributed by atoms with Gasteiger partial charge >= 0.3 is 0 Å². The number of carbonyl (C=O) groups excluding carboxylic acids is 1. The number of aryl methyl sites for hydroxylation is 1. The lowest BCUT2D eigenvalue weighted by atomic mass is 10.1.